The van der Waals surface area contributed by atoms with Gasteiger partial charge in [0, 0.05) is 22.3 Å². The molecule has 2 nitrogen and oxygen atoms in total. The Morgan fingerprint density at radius 2 is 2.11 bits per heavy atom. The molecule has 1 aromatic rings. The van der Waals surface area contributed by atoms with Gasteiger partial charge < -0.3 is 5.32 Å². The van der Waals surface area contributed by atoms with E-state index in [1.165, 1.54) is 0 Å². The summed E-state index contributed by atoms with van der Waals surface area (Å²) in [6.45, 7) is 1.86. The van der Waals surface area contributed by atoms with Crippen molar-refractivity contribution in [2.45, 2.75) is 12.4 Å². The first-order valence-corrected chi connectivity index (χ1v) is 6.82. The van der Waals surface area contributed by atoms with Crippen LogP contribution >= 0.6 is 27.7 Å². The van der Waals surface area contributed by atoms with Crippen LogP contribution < -0.4 is 5.32 Å². The van der Waals surface area contributed by atoms with Crippen LogP contribution in [0.4, 0.5) is 13.2 Å². The highest BCUT2D eigenvalue weighted by atomic mass is 79.9. The number of benzene rings is 1. The first kappa shape index (κ1) is 15.4. The van der Waals surface area contributed by atoms with Gasteiger partial charge in [0.1, 0.15) is 0 Å². The van der Waals surface area contributed by atoms with Crippen molar-refractivity contribution >= 4 is 33.6 Å². The summed E-state index contributed by atoms with van der Waals surface area (Å²) in [6, 6.07) is 5.04. The maximum atomic E-state index is 11.8. The van der Waals surface area contributed by atoms with Gasteiger partial charge in [-0.15, -0.1) is 0 Å². The SMILES string of the molecule is Cc1ccc(C(=O)NCCSC(F)(F)F)cc1Br. The van der Waals surface area contributed by atoms with Gasteiger partial charge in [-0.05, 0) is 36.4 Å². The molecule has 1 aromatic carbocycles. The fourth-order valence-electron chi connectivity index (χ4n) is 1.17. The van der Waals surface area contributed by atoms with Crippen molar-refractivity contribution in [3.8, 4) is 0 Å². The Morgan fingerprint density at radius 1 is 1.44 bits per heavy atom. The average Bonchev–Trinajstić information content (AvgIpc) is 2.26. The number of halogens is 4. The summed E-state index contributed by atoms with van der Waals surface area (Å²) in [4.78, 5) is 11.6. The lowest BCUT2D eigenvalue weighted by atomic mass is 10.1. The number of rotatable bonds is 4. The van der Waals surface area contributed by atoms with Crippen LogP contribution in [0.5, 0.6) is 0 Å². The minimum Gasteiger partial charge on any atom is -0.351 e. The van der Waals surface area contributed by atoms with Crippen LogP contribution in [0.25, 0.3) is 0 Å². The lowest BCUT2D eigenvalue weighted by Crippen LogP contribution is -2.26. The van der Waals surface area contributed by atoms with Crippen LogP contribution in [-0.4, -0.2) is 23.7 Å². The van der Waals surface area contributed by atoms with Gasteiger partial charge in [-0.1, -0.05) is 22.0 Å². The van der Waals surface area contributed by atoms with E-state index in [4.69, 9.17) is 0 Å². The summed E-state index contributed by atoms with van der Waals surface area (Å²) < 4.78 is 36.3. The van der Waals surface area contributed by atoms with E-state index in [-0.39, 0.29) is 30.0 Å². The third-order valence-corrected chi connectivity index (χ3v) is 3.68. The van der Waals surface area contributed by atoms with Gasteiger partial charge in [0.25, 0.3) is 5.91 Å². The van der Waals surface area contributed by atoms with Crippen molar-refractivity contribution in [1.82, 2.24) is 5.32 Å². The Hall–Kier alpha value is -0.690. The van der Waals surface area contributed by atoms with E-state index in [0.29, 0.717) is 5.56 Å². The molecule has 1 amide bonds. The lowest BCUT2D eigenvalue weighted by Gasteiger charge is -2.08. The van der Waals surface area contributed by atoms with Crippen LogP contribution in [0, 0.1) is 6.92 Å². The summed E-state index contributed by atoms with van der Waals surface area (Å²) in [5, 5.41) is 2.44. The van der Waals surface area contributed by atoms with Crippen LogP contribution in [0.2, 0.25) is 0 Å². The average molecular weight is 342 g/mol. The lowest BCUT2D eigenvalue weighted by molar-refractivity contribution is -0.0327. The second kappa shape index (κ2) is 6.47. The normalized spacial score (nSPS) is 11.4. The van der Waals surface area contributed by atoms with Gasteiger partial charge in [-0.3, -0.25) is 4.79 Å². The quantitative estimate of drug-likeness (QED) is 0.845. The maximum absolute atomic E-state index is 11.8. The first-order valence-electron chi connectivity index (χ1n) is 5.04. The molecule has 0 aromatic heterocycles. The molecule has 0 aliphatic carbocycles. The molecular weight excluding hydrogens is 331 g/mol. The Labute approximate surface area is 115 Å². The summed E-state index contributed by atoms with van der Waals surface area (Å²) in [5.41, 5.74) is -2.85. The number of thioether (sulfide) groups is 1. The molecule has 0 fully saturated rings. The molecule has 100 valence electrons. The Kier molecular flexibility index (Phi) is 5.52. The standard InChI is InChI=1S/C11H11BrF3NOS/c1-7-2-3-8(6-9(7)12)10(17)16-4-5-18-11(13,14)15/h2-3,6H,4-5H2,1H3,(H,16,17). The molecule has 0 heterocycles. The van der Waals surface area contributed by atoms with E-state index in [2.05, 4.69) is 21.2 Å². The fourth-order valence-corrected chi connectivity index (χ4v) is 1.98. The number of hydrogen-bond donors (Lipinski definition) is 1. The molecule has 0 saturated heterocycles. The molecule has 18 heavy (non-hydrogen) atoms. The van der Waals surface area contributed by atoms with E-state index >= 15 is 0 Å². The second-order valence-electron chi connectivity index (χ2n) is 3.51. The number of carbonyl (C=O) groups is 1. The predicted octanol–water partition coefficient (Wildman–Crippen LogP) is 3.74. The van der Waals surface area contributed by atoms with Gasteiger partial charge in [0.05, 0.1) is 0 Å². The highest BCUT2D eigenvalue weighted by molar-refractivity contribution is 9.10. The smallest absolute Gasteiger partial charge is 0.351 e. The van der Waals surface area contributed by atoms with Crippen LogP contribution in [-0.2, 0) is 0 Å². The zero-order valence-corrected chi connectivity index (χ0v) is 11.9. The molecule has 0 saturated carbocycles. The summed E-state index contributed by atoms with van der Waals surface area (Å²) >= 11 is 3.14. The van der Waals surface area contributed by atoms with Gasteiger partial charge in [-0.2, -0.15) is 13.2 Å². The number of carbonyl (C=O) groups excluding carboxylic acids is 1. The van der Waals surface area contributed by atoms with E-state index in [1.807, 2.05) is 6.92 Å². The minimum atomic E-state index is -4.25. The summed E-state index contributed by atoms with van der Waals surface area (Å²) in [7, 11) is 0. The van der Waals surface area contributed by atoms with Crippen LogP contribution in [0.1, 0.15) is 15.9 Å². The fraction of sp³-hybridized carbons (Fsp3) is 0.364. The zero-order valence-electron chi connectivity index (χ0n) is 9.47. The monoisotopic (exact) mass is 341 g/mol. The van der Waals surface area contributed by atoms with Crippen molar-refractivity contribution in [2.75, 3.05) is 12.3 Å². The second-order valence-corrected chi connectivity index (χ2v) is 5.53. The predicted molar refractivity (Wildman–Crippen MR) is 69.7 cm³/mol. The van der Waals surface area contributed by atoms with E-state index in [1.54, 1.807) is 18.2 Å². The van der Waals surface area contributed by atoms with Gasteiger partial charge in [-0.25, -0.2) is 0 Å². The number of hydrogen-bond acceptors (Lipinski definition) is 2. The molecule has 0 radical (unpaired) electrons. The van der Waals surface area contributed by atoms with E-state index in [9.17, 15) is 18.0 Å². The highest BCUT2D eigenvalue weighted by Crippen LogP contribution is 2.29. The molecule has 0 spiro atoms. The minimum absolute atomic E-state index is 0.0193. The van der Waals surface area contributed by atoms with Crippen molar-refractivity contribution in [3.63, 3.8) is 0 Å². The van der Waals surface area contributed by atoms with Gasteiger partial charge >= 0.3 is 5.51 Å². The van der Waals surface area contributed by atoms with Gasteiger partial charge in [0.2, 0.25) is 0 Å². The number of alkyl halides is 3. The number of amides is 1. The van der Waals surface area contributed by atoms with Crippen molar-refractivity contribution in [2.24, 2.45) is 0 Å². The number of aryl methyl sites for hydroxylation is 1. The van der Waals surface area contributed by atoms with Crippen molar-refractivity contribution in [1.29, 1.82) is 0 Å². The third kappa shape index (κ3) is 5.30. The number of nitrogens with one attached hydrogen (secondary N) is 1. The van der Waals surface area contributed by atoms with E-state index in [0.717, 1.165) is 10.0 Å². The molecule has 7 heteroatoms. The zero-order chi connectivity index (χ0) is 13.8. The Balaban J connectivity index is 2.43. The molecule has 0 bridgehead atoms. The highest BCUT2D eigenvalue weighted by Gasteiger charge is 2.27. The largest absolute Gasteiger partial charge is 0.441 e. The van der Waals surface area contributed by atoms with Crippen LogP contribution in [0.15, 0.2) is 22.7 Å². The Bertz CT molecular complexity index is 437. The van der Waals surface area contributed by atoms with Gasteiger partial charge in [0.15, 0.2) is 0 Å². The maximum Gasteiger partial charge on any atom is 0.441 e. The summed E-state index contributed by atoms with van der Waals surface area (Å²) in [5.74, 6) is -0.569. The van der Waals surface area contributed by atoms with Crippen molar-refractivity contribution in [3.05, 3.63) is 33.8 Å². The third-order valence-electron chi connectivity index (χ3n) is 2.09. The molecule has 1 rings (SSSR count). The summed E-state index contributed by atoms with van der Waals surface area (Å²) in [6.07, 6.45) is 0. The van der Waals surface area contributed by atoms with E-state index < -0.39 is 5.51 Å². The molecule has 0 aliphatic heterocycles. The molecule has 0 atom stereocenters. The molecule has 0 aliphatic rings. The van der Waals surface area contributed by atoms with Crippen LogP contribution in [0.3, 0.4) is 0 Å². The first-order chi connectivity index (χ1) is 8.29. The van der Waals surface area contributed by atoms with Crippen molar-refractivity contribution < 1.29 is 18.0 Å². The molecular formula is C11H11BrF3NOS. The molecule has 1 N–H and O–H groups in total. The Morgan fingerprint density at radius 3 is 2.67 bits per heavy atom. The molecule has 0 unspecified atom stereocenters. The topological polar surface area (TPSA) is 29.1 Å².